The van der Waals surface area contributed by atoms with Gasteiger partial charge in [-0.2, -0.15) is 0 Å². The molecule has 0 aliphatic heterocycles. The highest BCUT2D eigenvalue weighted by atomic mass is 16.5. The molecule has 4 nitrogen and oxygen atoms in total. The Morgan fingerprint density at radius 3 is 2.38 bits per heavy atom. The highest BCUT2D eigenvalue weighted by molar-refractivity contribution is 5.84. The van der Waals surface area contributed by atoms with E-state index in [1.165, 1.54) is 0 Å². The molecule has 4 heteroatoms. The monoisotopic (exact) mass is 222 g/mol. The number of hydrogen-bond acceptors (Lipinski definition) is 3. The summed E-state index contributed by atoms with van der Waals surface area (Å²) in [6.45, 7) is 5.22. The zero-order valence-corrected chi connectivity index (χ0v) is 9.75. The predicted molar refractivity (Wildman–Crippen MR) is 65.9 cm³/mol. The second kappa shape index (κ2) is 6.71. The average molecular weight is 222 g/mol. The molecule has 1 rings (SSSR count). The Hall–Kier alpha value is -1.71. The van der Waals surface area contributed by atoms with Crippen molar-refractivity contribution in [1.29, 1.82) is 0 Å². The van der Waals surface area contributed by atoms with Crippen LogP contribution in [0.25, 0.3) is 0 Å². The molecule has 1 aromatic rings. The van der Waals surface area contributed by atoms with Gasteiger partial charge in [-0.1, -0.05) is 6.92 Å². The summed E-state index contributed by atoms with van der Waals surface area (Å²) >= 11 is 0. The molecular formula is C12H18N2O2. The van der Waals surface area contributed by atoms with Crippen LogP contribution in [0.2, 0.25) is 0 Å². The van der Waals surface area contributed by atoms with Crippen LogP contribution in [-0.2, 0) is 4.74 Å². The lowest BCUT2D eigenvalue weighted by Gasteiger charge is -2.07. The molecule has 0 bridgehead atoms. The van der Waals surface area contributed by atoms with E-state index in [4.69, 9.17) is 4.74 Å². The summed E-state index contributed by atoms with van der Waals surface area (Å²) in [5.74, 6) is 0. The number of benzene rings is 1. The lowest BCUT2D eigenvalue weighted by Crippen LogP contribution is -2.13. The molecule has 1 aromatic carbocycles. The predicted octanol–water partition coefficient (Wildman–Crippen LogP) is 3.08. The summed E-state index contributed by atoms with van der Waals surface area (Å²) in [5, 5.41) is 5.89. The minimum atomic E-state index is -0.420. The molecule has 0 fully saturated rings. The maximum atomic E-state index is 11.1. The number of rotatable bonds is 5. The van der Waals surface area contributed by atoms with E-state index in [-0.39, 0.29) is 0 Å². The first-order valence-corrected chi connectivity index (χ1v) is 5.54. The SMILES string of the molecule is CCCNc1ccc(NC(=O)OCC)cc1. The first kappa shape index (κ1) is 12.4. The van der Waals surface area contributed by atoms with Crippen LogP contribution in [-0.4, -0.2) is 19.2 Å². The van der Waals surface area contributed by atoms with Crippen LogP contribution in [0.3, 0.4) is 0 Å². The maximum Gasteiger partial charge on any atom is 0.411 e. The fourth-order valence-electron chi connectivity index (χ4n) is 1.23. The van der Waals surface area contributed by atoms with Crippen molar-refractivity contribution >= 4 is 17.5 Å². The van der Waals surface area contributed by atoms with E-state index in [9.17, 15) is 4.79 Å². The quantitative estimate of drug-likeness (QED) is 0.805. The third-order valence-electron chi connectivity index (χ3n) is 1.99. The Morgan fingerprint density at radius 2 is 1.81 bits per heavy atom. The summed E-state index contributed by atoms with van der Waals surface area (Å²) < 4.78 is 4.78. The lowest BCUT2D eigenvalue weighted by atomic mass is 10.3. The molecule has 0 atom stereocenters. The van der Waals surface area contributed by atoms with Crippen LogP contribution in [0.1, 0.15) is 20.3 Å². The smallest absolute Gasteiger partial charge is 0.411 e. The van der Waals surface area contributed by atoms with Crippen molar-refractivity contribution in [3.8, 4) is 0 Å². The van der Waals surface area contributed by atoms with Gasteiger partial charge in [-0.05, 0) is 37.6 Å². The Balaban J connectivity index is 2.47. The number of amides is 1. The van der Waals surface area contributed by atoms with Crippen molar-refractivity contribution in [3.05, 3.63) is 24.3 Å². The van der Waals surface area contributed by atoms with E-state index in [2.05, 4.69) is 17.6 Å². The second-order valence-corrected chi connectivity index (χ2v) is 3.35. The van der Waals surface area contributed by atoms with Gasteiger partial charge in [-0.15, -0.1) is 0 Å². The van der Waals surface area contributed by atoms with Gasteiger partial charge >= 0.3 is 6.09 Å². The molecule has 0 saturated heterocycles. The molecule has 0 spiro atoms. The third kappa shape index (κ3) is 4.21. The van der Waals surface area contributed by atoms with Gasteiger partial charge in [0, 0.05) is 17.9 Å². The van der Waals surface area contributed by atoms with Crippen LogP contribution >= 0.6 is 0 Å². The number of anilines is 2. The molecule has 16 heavy (non-hydrogen) atoms. The third-order valence-corrected chi connectivity index (χ3v) is 1.99. The number of hydrogen-bond donors (Lipinski definition) is 2. The number of carbonyl (C=O) groups is 1. The van der Waals surface area contributed by atoms with Crippen molar-refractivity contribution in [3.63, 3.8) is 0 Å². The molecule has 0 heterocycles. The zero-order valence-electron chi connectivity index (χ0n) is 9.75. The fourth-order valence-corrected chi connectivity index (χ4v) is 1.23. The Labute approximate surface area is 96.0 Å². The zero-order chi connectivity index (χ0) is 11.8. The van der Waals surface area contributed by atoms with Crippen LogP contribution < -0.4 is 10.6 Å². The highest BCUT2D eigenvalue weighted by Crippen LogP contribution is 2.13. The summed E-state index contributed by atoms with van der Waals surface area (Å²) in [6, 6.07) is 7.54. The van der Waals surface area contributed by atoms with Crippen molar-refractivity contribution in [2.75, 3.05) is 23.8 Å². The van der Waals surface area contributed by atoms with Gasteiger partial charge in [-0.3, -0.25) is 5.32 Å². The van der Waals surface area contributed by atoms with Crippen molar-refractivity contribution in [2.45, 2.75) is 20.3 Å². The van der Waals surface area contributed by atoms with Crippen molar-refractivity contribution in [2.24, 2.45) is 0 Å². The topological polar surface area (TPSA) is 50.4 Å². The molecule has 0 saturated carbocycles. The van der Waals surface area contributed by atoms with Crippen molar-refractivity contribution in [1.82, 2.24) is 0 Å². The lowest BCUT2D eigenvalue weighted by molar-refractivity contribution is 0.168. The van der Waals surface area contributed by atoms with Gasteiger partial charge in [0.15, 0.2) is 0 Å². The number of carbonyl (C=O) groups excluding carboxylic acids is 1. The van der Waals surface area contributed by atoms with E-state index < -0.39 is 6.09 Å². The first-order chi connectivity index (χ1) is 7.76. The van der Waals surface area contributed by atoms with E-state index in [0.717, 1.165) is 24.3 Å². The normalized spacial score (nSPS) is 9.62. The standard InChI is InChI=1S/C12H18N2O2/c1-3-9-13-10-5-7-11(8-6-10)14-12(15)16-4-2/h5-8,13H,3-4,9H2,1-2H3,(H,14,15). The second-order valence-electron chi connectivity index (χ2n) is 3.35. The molecule has 88 valence electrons. The maximum absolute atomic E-state index is 11.1. The minimum Gasteiger partial charge on any atom is -0.450 e. The highest BCUT2D eigenvalue weighted by Gasteiger charge is 2.00. The first-order valence-electron chi connectivity index (χ1n) is 5.54. The molecule has 1 amide bonds. The van der Waals surface area contributed by atoms with Gasteiger partial charge in [0.25, 0.3) is 0 Å². The molecule has 0 aliphatic rings. The van der Waals surface area contributed by atoms with Gasteiger partial charge in [0.1, 0.15) is 0 Å². The molecule has 0 radical (unpaired) electrons. The van der Waals surface area contributed by atoms with Crippen LogP contribution in [0.15, 0.2) is 24.3 Å². The van der Waals surface area contributed by atoms with Crippen molar-refractivity contribution < 1.29 is 9.53 Å². The van der Waals surface area contributed by atoms with E-state index in [0.29, 0.717) is 6.61 Å². The Morgan fingerprint density at radius 1 is 1.19 bits per heavy atom. The Kier molecular flexibility index (Phi) is 5.19. The fraction of sp³-hybridized carbons (Fsp3) is 0.417. The van der Waals surface area contributed by atoms with Gasteiger partial charge < -0.3 is 10.1 Å². The van der Waals surface area contributed by atoms with E-state index in [1.807, 2.05) is 24.3 Å². The molecule has 0 aromatic heterocycles. The van der Waals surface area contributed by atoms with E-state index in [1.54, 1.807) is 6.92 Å². The van der Waals surface area contributed by atoms with Crippen LogP contribution in [0, 0.1) is 0 Å². The molecular weight excluding hydrogens is 204 g/mol. The van der Waals surface area contributed by atoms with E-state index >= 15 is 0 Å². The van der Waals surface area contributed by atoms with Crippen LogP contribution in [0.4, 0.5) is 16.2 Å². The minimum absolute atomic E-state index is 0.377. The molecule has 2 N–H and O–H groups in total. The molecule has 0 aliphatic carbocycles. The summed E-state index contributed by atoms with van der Waals surface area (Å²) in [4.78, 5) is 11.1. The van der Waals surface area contributed by atoms with Gasteiger partial charge in [0.2, 0.25) is 0 Å². The van der Waals surface area contributed by atoms with Gasteiger partial charge in [0.05, 0.1) is 6.61 Å². The number of nitrogens with one attached hydrogen (secondary N) is 2. The Bertz CT molecular complexity index is 322. The van der Waals surface area contributed by atoms with Crippen LogP contribution in [0.5, 0.6) is 0 Å². The summed E-state index contributed by atoms with van der Waals surface area (Å²) in [5.41, 5.74) is 1.79. The molecule has 0 unspecified atom stereocenters. The average Bonchev–Trinajstić information content (AvgIpc) is 2.28. The largest absolute Gasteiger partial charge is 0.450 e. The number of ether oxygens (including phenoxy) is 1. The summed E-state index contributed by atoms with van der Waals surface area (Å²) in [7, 11) is 0. The van der Waals surface area contributed by atoms with Gasteiger partial charge in [-0.25, -0.2) is 4.79 Å². The summed E-state index contributed by atoms with van der Waals surface area (Å²) in [6.07, 6.45) is 0.666.